The van der Waals surface area contributed by atoms with E-state index < -0.39 is 11.6 Å². The number of carbonyl (C=O) groups excluding carboxylic acids is 2. The number of nitrogens with one attached hydrogen (secondary N) is 2. The van der Waals surface area contributed by atoms with Gasteiger partial charge in [0.25, 0.3) is 5.91 Å². The van der Waals surface area contributed by atoms with Crippen molar-refractivity contribution < 1.29 is 23.8 Å². The van der Waals surface area contributed by atoms with E-state index in [4.69, 9.17) is 9.15 Å². The molecular weight excluding hydrogens is 460 g/mol. The number of pyridine rings is 1. The van der Waals surface area contributed by atoms with Crippen LogP contribution in [0, 0.1) is 0 Å². The van der Waals surface area contributed by atoms with Gasteiger partial charge < -0.3 is 29.5 Å². The summed E-state index contributed by atoms with van der Waals surface area (Å²) in [6.45, 7) is 5.68. The molecular formula is C27H30N4O5. The fourth-order valence-corrected chi connectivity index (χ4v) is 4.31. The number of aliphatic hydroxyl groups is 1. The molecule has 0 aliphatic carbocycles. The van der Waals surface area contributed by atoms with Gasteiger partial charge in [-0.25, -0.2) is 9.78 Å². The lowest BCUT2D eigenvalue weighted by atomic mass is 10.0. The summed E-state index contributed by atoms with van der Waals surface area (Å²) in [6, 6.07) is 14.1. The van der Waals surface area contributed by atoms with Crippen molar-refractivity contribution in [2.45, 2.75) is 45.4 Å². The Bertz CT molecular complexity index is 1350. The highest BCUT2D eigenvalue weighted by Crippen LogP contribution is 2.34. The maximum absolute atomic E-state index is 13.1. The Hall–Kier alpha value is -4.11. The molecule has 3 heterocycles. The van der Waals surface area contributed by atoms with Crippen molar-refractivity contribution in [3.05, 3.63) is 78.0 Å². The van der Waals surface area contributed by atoms with Crippen LogP contribution in [0.4, 0.5) is 11.4 Å². The Morgan fingerprint density at radius 1 is 1.19 bits per heavy atom. The lowest BCUT2D eigenvalue weighted by Crippen LogP contribution is -2.29. The standard InChI is InChI=1S/C27H30N4O5/c1-17(14-27(2,3)34)29-19-13-21-22(30-25(32)18-9-6-5-7-10-18)23(26(33)35-4)31(24(21)28-15-19)16-20-11-8-12-36-20/h5-13,15,17,29,34H,14,16H2,1-4H3,(H,30,32). The number of amides is 1. The Kier molecular flexibility index (Phi) is 7.12. The summed E-state index contributed by atoms with van der Waals surface area (Å²) < 4.78 is 12.3. The number of methoxy groups -OCH3 is 1. The number of hydrogen-bond acceptors (Lipinski definition) is 7. The van der Waals surface area contributed by atoms with Gasteiger partial charge in [0.05, 0.1) is 43.1 Å². The number of aromatic nitrogens is 2. The van der Waals surface area contributed by atoms with Crippen LogP contribution in [-0.2, 0) is 11.3 Å². The molecule has 3 aromatic heterocycles. The lowest BCUT2D eigenvalue weighted by molar-refractivity contribution is 0.0590. The SMILES string of the molecule is COC(=O)c1c(NC(=O)c2ccccc2)c2cc(NC(C)CC(C)(C)O)cnc2n1Cc1ccco1. The highest BCUT2D eigenvalue weighted by Gasteiger charge is 2.27. The summed E-state index contributed by atoms with van der Waals surface area (Å²) in [6.07, 6.45) is 3.72. The number of benzene rings is 1. The molecule has 0 bridgehead atoms. The second-order valence-electron chi connectivity index (χ2n) is 9.36. The monoisotopic (exact) mass is 490 g/mol. The number of hydrogen-bond donors (Lipinski definition) is 3. The largest absolute Gasteiger partial charge is 0.467 e. The van der Waals surface area contributed by atoms with Gasteiger partial charge in [0.1, 0.15) is 11.4 Å². The van der Waals surface area contributed by atoms with Gasteiger partial charge in [-0.15, -0.1) is 0 Å². The molecule has 0 spiro atoms. The third-order valence-electron chi connectivity index (χ3n) is 5.66. The van der Waals surface area contributed by atoms with Gasteiger partial charge in [-0.3, -0.25) is 4.79 Å². The Balaban J connectivity index is 1.83. The van der Waals surface area contributed by atoms with Gasteiger partial charge in [-0.05, 0) is 57.5 Å². The zero-order valence-electron chi connectivity index (χ0n) is 20.7. The summed E-state index contributed by atoms with van der Waals surface area (Å²) in [7, 11) is 1.29. The van der Waals surface area contributed by atoms with Crippen LogP contribution in [0.25, 0.3) is 11.0 Å². The van der Waals surface area contributed by atoms with Gasteiger partial charge in [0.2, 0.25) is 0 Å². The van der Waals surface area contributed by atoms with E-state index in [1.807, 2.05) is 19.1 Å². The van der Waals surface area contributed by atoms with E-state index in [-0.39, 0.29) is 24.2 Å². The van der Waals surface area contributed by atoms with Crippen molar-refractivity contribution in [3.63, 3.8) is 0 Å². The second kappa shape index (κ2) is 10.2. The summed E-state index contributed by atoms with van der Waals surface area (Å²) in [4.78, 5) is 30.7. The molecule has 1 amide bonds. The Morgan fingerprint density at radius 3 is 2.58 bits per heavy atom. The first-order valence-electron chi connectivity index (χ1n) is 11.6. The average Bonchev–Trinajstić information content (AvgIpc) is 3.44. The molecule has 3 N–H and O–H groups in total. The number of carbonyl (C=O) groups is 2. The fraction of sp³-hybridized carbons (Fsp3) is 0.296. The molecule has 4 rings (SSSR count). The topological polar surface area (TPSA) is 119 Å². The van der Waals surface area contributed by atoms with E-state index in [1.54, 1.807) is 67.3 Å². The third-order valence-corrected chi connectivity index (χ3v) is 5.66. The molecule has 0 aliphatic heterocycles. The van der Waals surface area contributed by atoms with Gasteiger partial charge in [-0.2, -0.15) is 0 Å². The molecule has 0 saturated carbocycles. The Morgan fingerprint density at radius 2 is 1.94 bits per heavy atom. The number of esters is 1. The number of nitrogens with zero attached hydrogens (tertiary/aromatic N) is 2. The van der Waals surface area contributed by atoms with Crippen molar-refractivity contribution in [3.8, 4) is 0 Å². The minimum Gasteiger partial charge on any atom is -0.467 e. The molecule has 9 heteroatoms. The molecule has 188 valence electrons. The molecule has 1 unspecified atom stereocenters. The Labute approximate surface area is 209 Å². The smallest absolute Gasteiger partial charge is 0.356 e. The molecule has 1 atom stereocenters. The quantitative estimate of drug-likeness (QED) is 0.292. The van der Waals surface area contributed by atoms with Crippen molar-refractivity contribution in [1.82, 2.24) is 9.55 Å². The van der Waals surface area contributed by atoms with Crippen LogP contribution >= 0.6 is 0 Å². The van der Waals surface area contributed by atoms with Gasteiger partial charge in [0, 0.05) is 17.0 Å². The molecule has 0 radical (unpaired) electrons. The minimum atomic E-state index is -0.844. The van der Waals surface area contributed by atoms with Gasteiger partial charge >= 0.3 is 5.97 Å². The highest BCUT2D eigenvalue weighted by molar-refractivity contribution is 6.14. The molecule has 0 saturated heterocycles. The number of rotatable bonds is 9. The first kappa shape index (κ1) is 25.0. The number of fused-ring (bicyclic) bond motifs is 1. The van der Waals surface area contributed by atoms with Crippen LogP contribution in [-0.4, -0.2) is 45.3 Å². The van der Waals surface area contributed by atoms with E-state index in [1.165, 1.54) is 7.11 Å². The van der Waals surface area contributed by atoms with E-state index in [0.717, 1.165) is 0 Å². The summed E-state index contributed by atoms with van der Waals surface area (Å²) >= 11 is 0. The summed E-state index contributed by atoms with van der Waals surface area (Å²) in [5.74, 6) is -0.375. The molecule has 0 aliphatic rings. The van der Waals surface area contributed by atoms with E-state index in [9.17, 15) is 14.7 Å². The van der Waals surface area contributed by atoms with E-state index >= 15 is 0 Å². The molecule has 4 aromatic rings. The highest BCUT2D eigenvalue weighted by atomic mass is 16.5. The van der Waals surface area contributed by atoms with Crippen LogP contribution in [0.5, 0.6) is 0 Å². The maximum atomic E-state index is 13.1. The number of furan rings is 1. The molecule has 1 aromatic carbocycles. The minimum absolute atomic E-state index is 0.0584. The third kappa shape index (κ3) is 5.58. The first-order valence-corrected chi connectivity index (χ1v) is 11.6. The van der Waals surface area contributed by atoms with E-state index in [0.29, 0.717) is 40.2 Å². The van der Waals surface area contributed by atoms with E-state index in [2.05, 4.69) is 15.6 Å². The molecule has 36 heavy (non-hydrogen) atoms. The zero-order valence-corrected chi connectivity index (χ0v) is 20.7. The predicted molar refractivity (Wildman–Crippen MR) is 137 cm³/mol. The van der Waals surface area contributed by atoms with Crippen LogP contribution in [0.2, 0.25) is 0 Å². The summed E-state index contributed by atoms with van der Waals surface area (Å²) in [5.41, 5.74) is 1.22. The van der Waals surface area contributed by atoms with Crippen LogP contribution in [0.3, 0.4) is 0 Å². The predicted octanol–water partition coefficient (Wildman–Crippen LogP) is 4.68. The van der Waals surface area contributed by atoms with Crippen molar-refractivity contribution in [2.24, 2.45) is 0 Å². The molecule has 0 fully saturated rings. The van der Waals surface area contributed by atoms with Gasteiger partial charge in [-0.1, -0.05) is 18.2 Å². The normalized spacial score (nSPS) is 12.4. The van der Waals surface area contributed by atoms with Crippen molar-refractivity contribution >= 4 is 34.3 Å². The average molecular weight is 491 g/mol. The first-order chi connectivity index (χ1) is 17.2. The number of anilines is 2. The van der Waals surface area contributed by atoms with Crippen LogP contribution in [0.15, 0.2) is 65.4 Å². The van der Waals surface area contributed by atoms with Crippen LogP contribution in [0.1, 0.15) is 53.8 Å². The summed E-state index contributed by atoms with van der Waals surface area (Å²) in [5, 5.41) is 17.0. The second-order valence-corrected chi connectivity index (χ2v) is 9.36. The maximum Gasteiger partial charge on any atom is 0.356 e. The number of ether oxygens (including phenoxy) is 1. The van der Waals surface area contributed by atoms with Crippen LogP contribution < -0.4 is 10.6 Å². The lowest BCUT2D eigenvalue weighted by Gasteiger charge is -2.23. The van der Waals surface area contributed by atoms with Gasteiger partial charge in [0.15, 0.2) is 5.69 Å². The zero-order chi connectivity index (χ0) is 25.9. The van der Waals surface area contributed by atoms with Crippen molar-refractivity contribution in [1.29, 1.82) is 0 Å². The van der Waals surface area contributed by atoms with Crippen molar-refractivity contribution in [2.75, 3.05) is 17.7 Å². The molecule has 9 nitrogen and oxygen atoms in total. The fourth-order valence-electron chi connectivity index (χ4n) is 4.31.